The van der Waals surface area contributed by atoms with E-state index in [0.29, 0.717) is 11.5 Å². The van der Waals surface area contributed by atoms with E-state index in [1.807, 2.05) is 0 Å². The molecule has 0 aromatic heterocycles. The zero-order valence-corrected chi connectivity index (χ0v) is 13.5. The molecule has 0 amide bonds. The molecular weight excluding hydrogens is 242 g/mol. The Morgan fingerprint density at radius 3 is 2.30 bits per heavy atom. The summed E-state index contributed by atoms with van der Waals surface area (Å²) in [4.78, 5) is 0. The lowest BCUT2D eigenvalue weighted by atomic mass is 9.70. The minimum atomic E-state index is 0.477. The molecule has 0 bridgehead atoms. The summed E-state index contributed by atoms with van der Waals surface area (Å²) in [6.45, 7) is 8.14. The standard InChI is InChI=1S/C19H31N/c1-4-14-20-18(17-10-6-5-7-11-17)19(15-16(2)3)12-8-9-13-19/h5-7,10-11,16,18,20H,4,8-9,12-15H2,1-3H3. The molecular formula is C19H31N. The maximum Gasteiger partial charge on any atom is 0.0377 e. The van der Waals surface area contributed by atoms with Gasteiger partial charge in [0.25, 0.3) is 0 Å². The lowest BCUT2D eigenvalue weighted by Gasteiger charge is -2.40. The van der Waals surface area contributed by atoms with Gasteiger partial charge in [-0.1, -0.05) is 63.9 Å². The maximum absolute atomic E-state index is 3.87. The average Bonchev–Trinajstić information content (AvgIpc) is 2.89. The van der Waals surface area contributed by atoms with Crippen LogP contribution in [-0.2, 0) is 0 Å². The largest absolute Gasteiger partial charge is 0.309 e. The Morgan fingerprint density at radius 1 is 1.10 bits per heavy atom. The topological polar surface area (TPSA) is 12.0 Å². The fourth-order valence-electron chi connectivity index (χ4n) is 4.12. The molecule has 0 saturated heterocycles. The van der Waals surface area contributed by atoms with E-state index in [2.05, 4.69) is 56.4 Å². The van der Waals surface area contributed by atoms with Gasteiger partial charge in [-0.2, -0.15) is 0 Å². The molecule has 1 aliphatic rings. The molecule has 0 aliphatic heterocycles. The first-order chi connectivity index (χ1) is 9.68. The van der Waals surface area contributed by atoms with Gasteiger partial charge in [-0.25, -0.2) is 0 Å². The highest BCUT2D eigenvalue weighted by Gasteiger charge is 2.41. The highest BCUT2D eigenvalue weighted by molar-refractivity contribution is 5.22. The van der Waals surface area contributed by atoms with Gasteiger partial charge < -0.3 is 5.32 Å². The Hall–Kier alpha value is -0.820. The molecule has 1 aromatic carbocycles. The van der Waals surface area contributed by atoms with E-state index in [1.54, 1.807) is 0 Å². The summed E-state index contributed by atoms with van der Waals surface area (Å²) in [5.41, 5.74) is 1.97. The van der Waals surface area contributed by atoms with Crippen molar-refractivity contribution in [3.8, 4) is 0 Å². The molecule has 1 unspecified atom stereocenters. The van der Waals surface area contributed by atoms with Gasteiger partial charge in [0.2, 0.25) is 0 Å². The molecule has 112 valence electrons. The summed E-state index contributed by atoms with van der Waals surface area (Å²) in [6.07, 6.45) is 8.15. The van der Waals surface area contributed by atoms with Crippen LogP contribution in [0.4, 0.5) is 0 Å². The monoisotopic (exact) mass is 273 g/mol. The quantitative estimate of drug-likeness (QED) is 0.707. The smallest absolute Gasteiger partial charge is 0.0377 e. The average molecular weight is 273 g/mol. The summed E-state index contributed by atoms with van der Waals surface area (Å²) in [7, 11) is 0. The van der Waals surface area contributed by atoms with Gasteiger partial charge in [-0.3, -0.25) is 0 Å². The number of benzene rings is 1. The van der Waals surface area contributed by atoms with Crippen molar-refractivity contribution in [2.24, 2.45) is 11.3 Å². The van der Waals surface area contributed by atoms with Crippen molar-refractivity contribution in [3.05, 3.63) is 35.9 Å². The Bertz CT molecular complexity index is 376. The van der Waals surface area contributed by atoms with Crippen LogP contribution in [0, 0.1) is 11.3 Å². The second kappa shape index (κ2) is 7.26. The van der Waals surface area contributed by atoms with Crippen molar-refractivity contribution >= 4 is 0 Å². The molecule has 0 heterocycles. The third-order valence-corrected chi connectivity index (χ3v) is 4.76. The van der Waals surface area contributed by atoms with Gasteiger partial charge in [0.15, 0.2) is 0 Å². The second-order valence-electron chi connectivity index (χ2n) is 6.97. The van der Waals surface area contributed by atoms with Crippen molar-refractivity contribution in [2.75, 3.05) is 6.54 Å². The molecule has 1 fully saturated rings. The molecule has 1 nitrogen and oxygen atoms in total. The van der Waals surface area contributed by atoms with Crippen molar-refractivity contribution in [1.82, 2.24) is 5.32 Å². The third kappa shape index (κ3) is 3.63. The van der Waals surface area contributed by atoms with Crippen LogP contribution in [0.5, 0.6) is 0 Å². The van der Waals surface area contributed by atoms with Crippen LogP contribution in [0.25, 0.3) is 0 Å². The van der Waals surface area contributed by atoms with E-state index in [4.69, 9.17) is 0 Å². The lowest BCUT2D eigenvalue weighted by Crippen LogP contribution is -2.38. The van der Waals surface area contributed by atoms with Gasteiger partial charge in [-0.15, -0.1) is 0 Å². The van der Waals surface area contributed by atoms with Crippen LogP contribution in [0.3, 0.4) is 0 Å². The van der Waals surface area contributed by atoms with Gasteiger partial charge in [-0.05, 0) is 49.1 Å². The predicted molar refractivity (Wildman–Crippen MR) is 87.8 cm³/mol. The van der Waals surface area contributed by atoms with Crippen LogP contribution in [-0.4, -0.2) is 6.54 Å². The van der Waals surface area contributed by atoms with Crippen molar-refractivity contribution in [1.29, 1.82) is 0 Å². The molecule has 1 aliphatic carbocycles. The first-order valence-corrected chi connectivity index (χ1v) is 8.46. The molecule has 1 atom stereocenters. The zero-order valence-electron chi connectivity index (χ0n) is 13.5. The Balaban J connectivity index is 2.27. The van der Waals surface area contributed by atoms with Gasteiger partial charge in [0, 0.05) is 6.04 Å². The summed E-state index contributed by atoms with van der Waals surface area (Å²) >= 11 is 0. The molecule has 0 spiro atoms. The number of nitrogens with one attached hydrogen (secondary N) is 1. The number of rotatable bonds is 7. The van der Waals surface area contributed by atoms with Crippen molar-refractivity contribution in [2.45, 2.75) is 65.3 Å². The lowest BCUT2D eigenvalue weighted by molar-refractivity contribution is 0.155. The Kier molecular flexibility index (Phi) is 5.65. The van der Waals surface area contributed by atoms with Crippen LogP contribution >= 0.6 is 0 Å². The molecule has 1 heteroatoms. The molecule has 2 rings (SSSR count). The summed E-state index contributed by atoms with van der Waals surface area (Å²) in [5.74, 6) is 0.780. The molecule has 1 N–H and O–H groups in total. The van der Waals surface area contributed by atoms with Crippen LogP contribution in [0.1, 0.15) is 70.9 Å². The fourth-order valence-corrected chi connectivity index (χ4v) is 4.12. The zero-order chi connectivity index (χ0) is 14.4. The minimum absolute atomic E-state index is 0.477. The third-order valence-electron chi connectivity index (χ3n) is 4.76. The summed E-state index contributed by atoms with van der Waals surface area (Å²) < 4.78 is 0. The first-order valence-electron chi connectivity index (χ1n) is 8.46. The Labute approximate surface area is 125 Å². The second-order valence-corrected chi connectivity index (χ2v) is 6.97. The van der Waals surface area contributed by atoms with Crippen LogP contribution < -0.4 is 5.32 Å². The normalized spacial score (nSPS) is 19.4. The van der Waals surface area contributed by atoms with E-state index < -0.39 is 0 Å². The van der Waals surface area contributed by atoms with E-state index in [9.17, 15) is 0 Å². The SMILES string of the molecule is CCCNC(c1ccccc1)C1(CC(C)C)CCCC1. The van der Waals surface area contributed by atoms with E-state index >= 15 is 0 Å². The molecule has 1 aromatic rings. The fraction of sp³-hybridized carbons (Fsp3) is 0.684. The first kappa shape index (κ1) is 15.6. The molecule has 1 saturated carbocycles. The van der Waals surface area contributed by atoms with Gasteiger partial charge >= 0.3 is 0 Å². The van der Waals surface area contributed by atoms with E-state index in [-0.39, 0.29) is 0 Å². The van der Waals surface area contributed by atoms with Crippen LogP contribution in [0.15, 0.2) is 30.3 Å². The minimum Gasteiger partial charge on any atom is -0.309 e. The molecule has 0 radical (unpaired) electrons. The van der Waals surface area contributed by atoms with Gasteiger partial charge in [0.05, 0.1) is 0 Å². The molecule has 20 heavy (non-hydrogen) atoms. The number of hydrogen-bond donors (Lipinski definition) is 1. The van der Waals surface area contributed by atoms with E-state index in [1.165, 1.54) is 44.1 Å². The highest BCUT2D eigenvalue weighted by Crippen LogP contribution is 2.51. The number of hydrogen-bond acceptors (Lipinski definition) is 1. The van der Waals surface area contributed by atoms with Crippen molar-refractivity contribution < 1.29 is 0 Å². The van der Waals surface area contributed by atoms with Crippen molar-refractivity contribution in [3.63, 3.8) is 0 Å². The Morgan fingerprint density at radius 2 is 1.75 bits per heavy atom. The van der Waals surface area contributed by atoms with E-state index in [0.717, 1.165) is 12.5 Å². The highest BCUT2D eigenvalue weighted by atomic mass is 14.9. The summed E-state index contributed by atoms with van der Waals surface area (Å²) in [6, 6.07) is 11.7. The predicted octanol–water partition coefficient (Wildman–Crippen LogP) is 5.33. The summed E-state index contributed by atoms with van der Waals surface area (Å²) in [5, 5.41) is 3.87. The van der Waals surface area contributed by atoms with Gasteiger partial charge in [0.1, 0.15) is 0 Å². The maximum atomic E-state index is 3.87. The van der Waals surface area contributed by atoms with Crippen LogP contribution in [0.2, 0.25) is 0 Å².